The maximum absolute atomic E-state index is 12.4. The molecule has 2 rings (SSSR count). The number of likely N-dealkylation sites (tertiary alicyclic amines) is 1. The summed E-state index contributed by atoms with van der Waals surface area (Å²) in [5.41, 5.74) is 1.08. The predicted molar refractivity (Wildman–Crippen MR) is 77.0 cm³/mol. The second kappa shape index (κ2) is 5.79. The first kappa shape index (κ1) is 13.5. The topological polar surface area (TPSA) is 20.3 Å². The van der Waals surface area contributed by atoms with Crippen molar-refractivity contribution in [1.29, 1.82) is 0 Å². The van der Waals surface area contributed by atoms with Gasteiger partial charge < -0.3 is 4.90 Å². The van der Waals surface area contributed by atoms with Gasteiger partial charge in [0.15, 0.2) is 0 Å². The normalized spacial score (nSPS) is 23.4. The Morgan fingerprint density at radius 1 is 1.33 bits per heavy atom. The number of hydrogen-bond donors (Lipinski definition) is 1. The average molecular weight is 263 g/mol. The molecular formula is C15H21NOS. The van der Waals surface area contributed by atoms with Gasteiger partial charge in [-0.1, -0.05) is 19.1 Å². The molecule has 0 aliphatic carbocycles. The van der Waals surface area contributed by atoms with E-state index in [4.69, 9.17) is 0 Å². The fraction of sp³-hybridized carbons (Fsp3) is 0.533. The van der Waals surface area contributed by atoms with E-state index in [1.807, 2.05) is 24.3 Å². The highest BCUT2D eigenvalue weighted by Crippen LogP contribution is 2.26. The Balaban J connectivity index is 2.05. The molecule has 1 saturated heterocycles. The zero-order valence-corrected chi connectivity index (χ0v) is 12.0. The molecule has 98 valence electrons. The Morgan fingerprint density at radius 2 is 2.00 bits per heavy atom. The Morgan fingerprint density at radius 3 is 2.61 bits per heavy atom. The molecule has 2 nitrogen and oxygen atoms in total. The molecule has 1 aliphatic heterocycles. The standard InChI is InChI=1S/C15H21NOS/c1-3-13-7-4-11(2)16(13)15(17)10-12-5-8-14(18)9-6-12/h5-6,8-9,11,13,18H,3-4,7,10H2,1-2H3. The molecule has 0 N–H and O–H groups in total. The van der Waals surface area contributed by atoms with Crippen LogP contribution in [0.5, 0.6) is 0 Å². The maximum Gasteiger partial charge on any atom is 0.227 e. The van der Waals surface area contributed by atoms with E-state index in [9.17, 15) is 4.79 Å². The summed E-state index contributed by atoms with van der Waals surface area (Å²) in [5, 5.41) is 0. The van der Waals surface area contributed by atoms with Crippen molar-refractivity contribution < 1.29 is 4.79 Å². The summed E-state index contributed by atoms with van der Waals surface area (Å²) in [7, 11) is 0. The van der Waals surface area contributed by atoms with Gasteiger partial charge >= 0.3 is 0 Å². The molecule has 2 unspecified atom stereocenters. The molecule has 1 amide bonds. The minimum atomic E-state index is 0.263. The number of amides is 1. The van der Waals surface area contributed by atoms with Crippen LogP contribution in [-0.4, -0.2) is 22.9 Å². The number of carbonyl (C=O) groups excluding carboxylic acids is 1. The summed E-state index contributed by atoms with van der Waals surface area (Å²) in [6.45, 7) is 4.32. The summed E-state index contributed by atoms with van der Waals surface area (Å²) in [6.07, 6.45) is 3.86. The van der Waals surface area contributed by atoms with Crippen molar-refractivity contribution in [3.05, 3.63) is 29.8 Å². The fourth-order valence-electron chi connectivity index (χ4n) is 2.80. The van der Waals surface area contributed by atoms with Crippen LogP contribution in [-0.2, 0) is 11.2 Å². The number of carbonyl (C=O) groups is 1. The molecule has 0 saturated carbocycles. The van der Waals surface area contributed by atoms with Crippen LogP contribution >= 0.6 is 12.6 Å². The summed E-state index contributed by atoms with van der Waals surface area (Å²) in [4.78, 5) is 15.4. The molecule has 0 radical (unpaired) electrons. The predicted octanol–water partition coefficient (Wildman–Crippen LogP) is 3.31. The van der Waals surface area contributed by atoms with Gasteiger partial charge in [0.1, 0.15) is 0 Å². The van der Waals surface area contributed by atoms with Crippen molar-refractivity contribution in [2.24, 2.45) is 0 Å². The first-order valence-corrected chi connectivity index (χ1v) is 7.15. The zero-order valence-electron chi connectivity index (χ0n) is 11.1. The number of benzene rings is 1. The molecule has 18 heavy (non-hydrogen) atoms. The number of rotatable bonds is 3. The van der Waals surface area contributed by atoms with Crippen LogP contribution in [0, 0.1) is 0 Å². The molecule has 1 heterocycles. The third-order valence-corrected chi connectivity index (χ3v) is 4.13. The third-order valence-electron chi connectivity index (χ3n) is 3.84. The monoisotopic (exact) mass is 263 g/mol. The smallest absolute Gasteiger partial charge is 0.227 e. The lowest BCUT2D eigenvalue weighted by Crippen LogP contribution is -2.40. The van der Waals surface area contributed by atoms with Crippen LogP contribution in [0.2, 0.25) is 0 Å². The van der Waals surface area contributed by atoms with Crippen molar-refractivity contribution in [2.75, 3.05) is 0 Å². The Bertz CT molecular complexity index is 415. The zero-order chi connectivity index (χ0) is 13.1. The van der Waals surface area contributed by atoms with Gasteiger partial charge in [-0.15, -0.1) is 12.6 Å². The van der Waals surface area contributed by atoms with Crippen LogP contribution in [0.25, 0.3) is 0 Å². The maximum atomic E-state index is 12.4. The minimum absolute atomic E-state index is 0.263. The Hall–Kier alpha value is -0.960. The molecule has 0 spiro atoms. The molecule has 1 aliphatic rings. The lowest BCUT2D eigenvalue weighted by Gasteiger charge is -2.28. The van der Waals surface area contributed by atoms with Gasteiger partial charge in [-0.05, 0) is 43.9 Å². The van der Waals surface area contributed by atoms with Gasteiger partial charge in [0.2, 0.25) is 5.91 Å². The van der Waals surface area contributed by atoms with Gasteiger partial charge in [-0.2, -0.15) is 0 Å². The average Bonchev–Trinajstić information content (AvgIpc) is 2.73. The number of hydrogen-bond acceptors (Lipinski definition) is 2. The van der Waals surface area contributed by atoms with E-state index in [0.717, 1.165) is 29.7 Å². The summed E-state index contributed by atoms with van der Waals surface area (Å²) in [5.74, 6) is 0.263. The van der Waals surface area contributed by atoms with Gasteiger partial charge in [0, 0.05) is 17.0 Å². The van der Waals surface area contributed by atoms with E-state index in [2.05, 4.69) is 31.4 Å². The van der Waals surface area contributed by atoms with Crippen molar-refractivity contribution in [3.8, 4) is 0 Å². The molecule has 1 fully saturated rings. The lowest BCUT2D eigenvalue weighted by molar-refractivity contribution is -0.133. The van der Waals surface area contributed by atoms with Crippen LogP contribution in [0.3, 0.4) is 0 Å². The minimum Gasteiger partial charge on any atom is -0.337 e. The second-order valence-electron chi connectivity index (χ2n) is 5.13. The third kappa shape index (κ3) is 2.89. The van der Waals surface area contributed by atoms with Crippen LogP contribution in [0.15, 0.2) is 29.2 Å². The van der Waals surface area contributed by atoms with E-state index < -0.39 is 0 Å². The molecule has 3 heteroatoms. The molecule has 1 aromatic carbocycles. The van der Waals surface area contributed by atoms with Crippen molar-refractivity contribution in [3.63, 3.8) is 0 Å². The molecule has 1 aromatic rings. The number of thiol groups is 1. The SMILES string of the molecule is CCC1CCC(C)N1C(=O)Cc1ccc(S)cc1. The van der Waals surface area contributed by atoms with E-state index in [1.54, 1.807) is 0 Å². The highest BCUT2D eigenvalue weighted by atomic mass is 32.1. The lowest BCUT2D eigenvalue weighted by atomic mass is 10.1. The number of nitrogens with zero attached hydrogens (tertiary/aromatic N) is 1. The quantitative estimate of drug-likeness (QED) is 0.830. The van der Waals surface area contributed by atoms with E-state index in [1.165, 1.54) is 0 Å². The Kier molecular flexibility index (Phi) is 4.33. The summed E-state index contributed by atoms with van der Waals surface area (Å²) >= 11 is 4.26. The van der Waals surface area contributed by atoms with Crippen molar-refractivity contribution in [2.45, 2.75) is 56.5 Å². The van der Waals surface area contributed by atoms with E-state index in [0.29, 0.717) is 18.5 Å². The largest absolute Gasteiger partial charge is 0.337 e. The van der Waals surface area contributed by atoms with Gasteiger partial charge in [-0.25, -0.2) is 0 Å². The Labute approximate surface area is 115 Å². The van der Waals surface area contributed by atoms with Gasteiger partial charge in [-0.3, -0.25) is 4.79 Å². The van der Waals surface area contributed by atoms with E-state index in [-0.39, 0.29) is 5.91 Å². The van der Waals surface area contributed by atoms with Crippen molar-refractivity contribution >= 4 is 18.5 Å². The molecular weight excluding hydrogens is 242 g/mol. The summed E-state index contributed by atoms with van der Waals surface area (Å²) < 4.78 is 0. The molecule has 2 atom stereocenters. The van der Waals surface area contributed by atoms with Gasteiger partial charge in [0.25, 0.3) is 0 Å². The molecule has 0 bridgehead atoms. The molecule has 0 aromatic heterocycles. The first-order valence-electron chi connectivity index (χ1n) is 6.71. The van der Waals surface area contributed by atoms with Crippen LogP contribution < -0.4 is 0 Å². The highest BCUT2D eigenvalue weighted by molar-refractivity contribution is 7.80. The van der Waals surface area contributed by atoms with Crippen LogP contribution in [0.4, 0.5) is 0 Å². The van der Waals surface area contributed by atoms with Crippen molar-refractivity contribution in [1.82, 2.24) is 4.90 Å². The van der Waals surface area contributed by atoms with E-state index >= 15 is 0 Å². The highest BCUT2D eigenvalue weighted by Gasteiger charge is 2.32. The first-order chi connectivity index (χ1) is 8.61. The second-order valence-corrected chi connectivity index (χ2v) is 5.65. The fourth-order valence-corrected chi connectivity index (χ4v) is 2.95. The van der Waals surface area contributed by atoms with Crippen LogP contribution in [0.1, 0.15) is 38.7 Å². The summed E-state index contributed by atoms with van der Waals surface area (Å²) in [6, 6.07) is 8.69. The van der Waals surface area contributed by atoms with Gasteiger partial charge in [0.05, 0.1) is 6.42 Å².